The quantitative estimate of drug-likeness (QED) is 0.857. The van der Waals surface area contributed by atoms with Crippen LogP contribution in [0.5, 0.6) is 0 Å². The number of carbonyl (C=O) groups excluding carboxylic acids is 1. The van der Waals surface area contributed by atoms with Crippen LogP contribution in [0, 0.1) is 17.8 Å². The lowest BCUT2D eigenvalue weighted by Crippen LogP contribution is -2.40. The number of ketones is 1. The molecule has 1 saturated heterocycles. The maximum absolute atomic E-state index is 12.4. The van der Waals surface area contributed by atoms with Gasteiger partial charge in [-0.15, -0.1) is 0 Å². The van der Waals surface area contributed by atoms with Crippen molar-refractivity contribution in [2.45, 2.75) is 45.3 Å². The van der Waals surface area contributed by atoms with Gasteiger partial charge in [-0.1, -0.05) is 13.3 Å². The minimum absolute atomic E-state index is 0.0394. The summed E-state index contributed by atoms with van der Waals surface area (Å²) in [5.74, 6) is -0.605. The number of carboxylic acids is 1. The van der Waals surface area contributed by atoms with Crippen molar-refractivity contribution >= 4 is 11.8 Å². The van der Waals surface area contributed by atoms with Gasteiger partial charge in [0.1, 0.15) is 5.76 Å². The third-order valence-corrected chi connectivity index (χ3v) is 4.64. The summed E-state index contributed by atoms with van der Waals surface area (Å²) in [5, 5.41) is 9.14. The van der Waals surface area contributed by atoms with Crippen molar-refractivity contribution in [1.82, 2.24) is 0 Å². The molecule has 2 heterocycles. The first-order valence-electron chi connectivity index (χ1n) is 7.39. The molecular weight excluding hydrogens is 260 g/mol. The summed E-state index contributed by atoms with van der Waals surface area (Å²) < 4.78 is 11.4. The normalized spacial score (nSPS) is 36.4. The second-order valence-corrected chi connectivity index (χ2v) is 5.91. The fraction of sp³-hybridized carbons (Fsp3) is 0.733. The zero-order chi connectivity index (χ0) is 14.3. The third-order valence-electron chi connectivity index (χ3n) is 4.64. The van der Waals surface area contributed by atoms with Crippen LogP contribution < -0.4 is 0 Å². The van der Waals surface area contributed by atoms with Crippen LogP contribution >= 0.6 is 0 Å². The summed E-state index contributed by atoms with van der Waals surface area (Å²) in [6.45, 7) is 2.76. The molecule has 1 aliphatic carbocycles. The number of carbonyl (C=O) groups is 2. The molecule has 2 aliphatic heterocycles. The molecule has 0 bridgehead atoms. The van der Waals surface area contributed by atoms with Gasteiger partial charge in [0, 0.05) is 24.3 Å². The number of hydrogen-bond acceptors (Lipinski definition) is 4. The van der Waals surface area contributed by atoms with Gasteiger partial charge in [0.2, 0.25) is 6.29 Å². The minimum Gasteiger partial charge on any atom is -0.481 e. The van der Waals surface area contributed by atoms with E-state index < -0.39 is 11.9 Å². The van der Waals surface area contributed by atoms with E-state index in [1.165, 1.54) is 0 Å². The van der Waals surface area contributed by atoms with Gasteiger partial charge in [0.05, 0.1) is 12.5 Å². The molecule has 4 unspecified atom stereocenters. The monoisotopic (exact) mass is 280 g/mol. The Kier molecular flexibility index (Phi) is 3.54. The molecule has 5 heteroatoms. The standard InChI is InChI=1S/C15H20O5/c1-2-3-9-10-4-5-19-15(10)20-12-7-8(14(17)18)6-11(16)13(9)12/h8-10,15H,2-7H2,1H3,(H,17,18). The highest BCUT2D eigenvalue weighted by Gasteiger charge is 2.47. The Labute approximate surface area is 117 Å². The van der Waals surface area contributed by atoms with Crippen LogP contribution in [0.4, 0.5) is 0 Å². The highest BCUT2D eigenvalue weighted by molar-refractivity contribution is 5.99. The average molecular weight is 280 g/mol. The van der Waals surface area contributed by atoms with E-state index in [1.807, 2.05) is 0 Å². The van der Waals surface area contributed by atoms with Crippen molar-refractivity contribution < 1.29 is 24.2 Å². The number of Topliss-reactive ketones (excluding diaryl/α,β-unsaturated/α-hetero) is 1. The lowest BCUT2D eigenvalue weighted by Gasteiger charge is -2.39. The van der Waals surface area contributed by atoms with Crippen LogP contribution in [-0.4, -0.2) is 29.8 Å². The number of allylic oxidation sites excluding steroid dienone is 2. The molecule has 0 radical (unpaired) electrons. The molecule has 0 aromatic carbocycles. The second-order valence-electron chi connectivity index (χ2n) is 5.91. The summed E-state index contributed by atoms with van der Waals surface area (Å²) in [6.07, 6.45) is 3.00. The average Bonchev–Trinajstić information content (AvgIpc) is 2.86. The Morgan fingerprint density at radius 2 is 2.20 bits per heavy atom. The highest BCUT2D eigenvalue weighted by Crippen LogP contribution is 2.46. The molecule has 0 amide bonds. The largest absolute Gasteiger partial charge is 0.481 e. The van der Waals surface area contributed by atoms with Crippen LogP contribution in [0.25, 0.3) is 0 Å². The predicted molar refractivity (Wildman–Crippen MR) is 69.7 cm³/mol. The van der Waals surface area contributed by atoms with E-state index in [0.29, 0.717) is 18.8 Å². The van der Waals surface area contributed by atoms with E-state index in [0.717, 1.165) is 24.8 Å². The Hall–Kier alpha value is -1.36. The van der Waals surface area contributed by atoms with Gasteiger partial charge in [-0.2, -0.15) is 0 Å². The fourth-order valence-corrected chi connectivity index (χ4v) is 3.71. The Balaban J connectivity index is 1.94. The van der Waals surface area contributed by atoms with Crippen LogP contribution in [0.3, 0.4) is 0 Å². The van der Waals surface area contributed by atoms with Crippen molar-refractivity contribution in [2.24, 2.45) is 17.8 Å². The smallest absolute Gasteiger partial charge is 0.307 e. The molecule has 0 spiro atoms. The molecule has 1 fully saturated rings. The van der Waals surface area contributed by atoms with Gasteiger partial charge in [-0.25, -0.2) is 0 Å². The topological polar surface area (TPSA) is 72.8 Å². The first kappa shape index (κ1) is 13.6. The Morgan fingerprint density at radius 3 is 2.90 bits per heavy atom. The number of aliphatic carboxylic acids is 1. The lowest BCUT2D eigenvalue weighted by molar-refractivity contribution is -0.150. The number of carboxylic acid groups (broad SMARTS) is 1. The van der Waals surface area contributed by atoms with Crippen molar-refractivity contribution in [1.29, 1.82) is 0 Å². The van der Waals surface area contributed by atoms with Gasteiger partial charge in [0.15, 0.2) is 5.78 Å². The molecule has 20 heavy (non-hydrogen) atoms. The van der Waals surface area contributed by atoms with Crippen LogP contribution in [0.1, 0.15) is 39.0 Å². The van der Waals surface area contributed by atoms with E-state index in [4.69, 9.17) is 14.6 Å². The summed E-state index contributed by atoms with van der Waals surface area (Å²) in [7, 11) is 0. The molecule has 110 valence electrons. The van der Waals surface area contributed by atoms with Crippen molar-refractivity contribution in [3.8, 4) is 0 Å². The van der Waals surface area contributed by atoms with Crippen molar-refractivity contribution in [3.05, 3.63) is 11.3 Å². The van der Waals surface area contributed by atoms with Crippen LogP contribution in [0.2, 0.25) is 0 Å². The van der Waals surface area contributed by atoms with Gasteiger partial charge in [-0.3, -0.25) is 9.59 Å². The van der Waals surface area contributed by atoms with E-state index >= 15 is 0 Å². The molecule has 0 aromatic heterocycles. The van der Waals surface area contributed by atoms with E-state index in [9.17, 15) is 9.59 Å². The summed E-state index contributed by atoms with van der Waals surface area (Å²) in [4.78, 5) is 23.5. The maximum Gasteiger partial charge on any atom is 0.307 e. The zero-order valence-corrected chi connectivity index (χ0v) is 11.6. The minimum atomic E-state index is -0.921. The van der Waals surface area contributed by atoms with Crippen LogP contribution in [-0.2, 0) is 19.1 Å². The van der Waals surface area contributed by atoms with Gasteiger partial charge >= 0.3 is 5.97 Å². The predicted octanol–water partition coefficient (Wildman–Crippen LogP) is 2.11. The number of fused-ring (bicyclic) bond motifs is 1. The lowest BCUT2D eigenvalue weighted by atomic mass is 9.72. The molecule has 5 nitrogen and oxygen atoms in total. The van der Waals surface area contributed by atoms with Crippen molar-refractivity contribution in [3.63, 3.8) is 0 Å². The van der Waals surface area contributed by atoms with Gasteiger partial charge < -0.3 is 14.6 Å². The Bertz CT molecular complexity index is 467. The fourth-order valence-electron chi connectivity index (χ4n) is 3.71. The number of rotatable bonds is 3. The van der Waals surface area contributed by atoms with Crippen LogP contribution in [0.15, 0.2) is 11.3 Å². The van der Waals surface area contributed by atoms with E-state index in [1.54, 1.807) is 0 Å². The Morgan fingerprint density at radius 1 is 1.40 bits per heavy atom. The molecule has 3 aliphatic rings. The second kappa shape index (κ2) is 5.20. The molecule has 1 N–H and O–H groups in total. The zero-order valence-electron chi connectivity index (χ0n) is 11.6. The van der Waals surface area contributed by atoms with E-state index in [2.05, 4.69) is 6.92 Å². The summed E-state index contributed by atoms with van der Waals surface area (Å²) in [5.41, 5.74) is 0.760. The van der Waals surface area contributed by atoms with Gasteiger partial charge in [-0.05, 0) is 18.8 Å². The third kappa shape index (κ3) is 2.14. The molecule has 3 rings (SSSR count). The maximum atomic E-state index is 12.4. The molecule has 0 aromatic rings. The molecule has 4 atom stereocenters. The van der Waals surface area contributed by atoms with E-state index in [-0.39, 0.29) is 30.3 Å². The summed E-state index contributed by atoms with van der Waals surface area (Å²) in [6, 6.07) is 0. The molecule has 0 saturated carbocycles. The SMILES string of the molecule is CCCC1C2=C(CC(C(=O)O)CC2=O)OC2OCCC21. The first-order valence-corrected chi connectivity index (χ1v) is 7.39. The number of ether oxygens (including phenoxy) is 2. The summed E-state index contributed by atoms with van der Waals surface area (Å²) >= 11 is 0. The number of hydrogen-bond donors (Lipinski definition) is 1. The first-order chi connectivity index (χ1) is 9.61. The highest BCUT2D eigenvalue weighted by atomic mass is 16.7. The van der Waals surface area contributed by atoms with Gasteiger partial charge in [0.25, 0.3) is 0 Å². The molecular formula is C15H20O5. The van der Waals surface area contributed by atoms with Crippen molar-refractivity contribution in [2.75, 3.05) is 6.61 Å².